The zero-order chi connectivity index (χ0) is 17.6. The second-order valence-corrected chi connectivity index (χ2v) is 6.69. The van der Waals surface area contributed by atoms with Crippen molar-refractivity contribution in [2.24, 2.45) is 5.92 Å². The number of ether oxygens (including phenoxy) is 2. The molecule has 1 aromatic heterocycles. The van der Waals surface area contributed by atoms with Crippen LogP contribution in [0.25, 0.3) is 0 Å². The summed E-state index contributed by atoms with van der Waals surface area (Å²) in [6.07, 6.45) is 3.57. The van der Waals surface area contributed by atoms with Crippen molar-refractivity contribution in [3.63, 3.8) is 0 Å². The maximum Gasteiger partial charge on any atom is 0.254 e. The number of aryl methyl sites for hydroxylation is 1. The Morgan fingerprint density at radius 3 is 2.84 bits per heavy atom. The number of nitrogens with one attached hydrogen (secondary N) is 2. The van der Waals surface area contributed by atoms with Gasteiger partial charge in [-0.2, -0.15) is 5.10 Å². The first-order valence-corrected chi connectivity index (χ1v) is 8.78. The molecule has 1 aliphatic heterocycles. The molecule has 1 aliphatic rings. The van der Waals surface area contributed by atoms with Crippen molar-refractivity contribution in [2.45, 2.75) is 25.9 Å². The van der Waals surface area contributed by atoms with E-state index in [1.165, 1.54) is 0 Å². The molecule has 1 amide bonds. The molecule has 2 aromatic rings. The van der Waals surface area contributed by atoms with Crippen LogP contribution in [-0.2, 0) is 4.74 Å². The van der Waals surface area contributed by atoms with Gasteiger partial charge in [-0.3, -0.25) is 9.89 Å². The fourth-order valence-corrected chi connectivity index (χ4v) is 2.91. The zero-order valence-corrected chi connectivity index (χ0v) is 14.9. The van der Waals surface area contributed by atoms with E-state index in [0.29, 0.717) is 42.0 Å². The van der Waals surface area contributed by atoms with E-state index in [2.05, 4.69) is 15.5 Å². The van der Waals surface area contributed by atoms with Crippen LogP contribution in [0, 0.1) is 12.8 Å². The van der Waals surface area contributed by atoms with Gasteiger partial charge >= 0.3 is 0 Å². The molecular formula is C18H22ClN3O3. The molecule has 2 heterocycles. The Kier molecular flexibility index (Phi) is 5.94. The summed E-state index contributed by atoms with van der Waals surface area (Å²) >= 11 is 5.86. The van der Waals surface area contributed by atoms with E-state index in [-0.39, 0.29) is 12.0 Å². The average Bonchev–Trinajstić information content (AvgIpc) is 3.06. The first-order chi connectivity index (χ1) is 12.1. The minimum atomic E-state index is -0.122. The van der Waals surface area contributed by atoms with E-state index >= 15 is 0 Å². The molecule has 1 aromatic carbocycles. The highest BCUT2D eigenvalue weighted by atomic mass is 35.5. The molecule has 6 nitrogen and oxygen atoms in total. The molecule has 1 fully saturated rings. The Morgan fingerprint density at radius 2 is 2.20 bits per heavy atom. The molecular weight excluding hydrogens is 342 g/mol. The van der Waals surface area contributed by atoms with Gasteiger partial charge in [0.2, 0.25) is 0 Å². The topological polar surface area (TPSA) is 76.2 Å². The third kappa shape index (κ3) is 4.96. The summed E-state index contributed by atoms with van der Waals surface area (Å²) in [5.74, 6) is 1.05. The number of rotatable bonds is 6. The maximum absolute atomic E-state index is 12.1. The van der Waals surface area contributed by atoms with Crippen LogP contribution in [0.4, 0.5) is 0 Å². The zero-order valence-electron chi connectivity index (χ0n) is 14.1. The third-order valence-corrected chi connectivity index (χ3v) is 4.58. The number of nitrogens with zero attached hydrogens (tertiary/aromatic N) is 1. The van der Waals surface area contributed by atoms with Crippen LogP contribution < -0.4 is 10.1 Å². The lowest BCUT2D eigenvalue weighted by Crippen LogP contribution is -2.38. The number of benzene rings is 1. The SMILES string of the molecule is Cc1n[nH]cc1C(=O)NCC1CC[C@@H](COc2ccc(Cl)cc2)CO1. The number of aromatic nitrogens is 2. The predicted octanol–water partition coefficient (Wildman–Crippen LogP) is 2.98. The summed E-state index contributed by atoms with van der Waals surface area (Å²) in [5, 5.41) is 10.2. The number of carbonyl (C=O) groups is 1. The average molecular weight is 364 g/mol. The summed E-state index contributed by atoms with van der Waals surface area (Å²) < 4.78 is 11.6. The van der Waals surface area contributed by atoms with Gasteiger partial charge in [-0.25, -0.2) is 0 Å². The van der Waals surface area contributed by atoms with Gasteiger partial charge in [-0.05, 0) is 44.0 Å². The quantitative estimate of drug-likeness (QED) is 0.827. The predicted molar refractivity (Wildman–Crippen MR) is 95.1 cm³/mol. The molecule has 0 spiro atoms. The second-order valence-electron chi connectivity index (χ2n) is 6.26. The van der Waals surface area contributed by atoms with E-state index in [1.807, 2.05) is 24.3 Å². The lowest BCUT2D eigenvalue weighted by Gasteiger charge is -2.29. The number of hydrogen-bond donors (Lipinski definition) is 2. The number of carbonyl (C=O) groups excluding carboxylic acids is 1. The standard InChI is InChI=1S/C18H22ClN3O3/c1-12-17(9-21-22-12)18(23)20-8-16-5-2-13(11-25-16)10-24-15-6-3-14(19)4-7-15/h3-4,6-7,9,13,16H,2,5,8,10-11H2,1H3,(H,20,23)(H,21,22)/t13-,16?/m0/s1. The Bertz CT molecular complexity index is 694. The highest BCUT2D eigenvalue weighted by Gasteiger charge is 2.23. The molecule has 0 radical (unpaired) electrons. The van der Waals surface area contributed by atoms with Crippen LogP contribution in [0.2, 0.25) is 5.02 Å². The van der Waals surface area contributed by atoms with E-state index < -0.39 is 0 Å². The van der Waals surface area contributed by atoms with E-state index in [1.54, 1.807) is 13.1 Å². The summed E-state index contributed by atoms with van der Waals surface area (Å²) in [6, 6.07) is 7.35. The van der Waals surface area contributed by atoms with E-state index in [0.717, 1.165) is 18.6 Å². The van der Waals surface area contributed by atoms with Crippen molar-refractivity contribution in [1.29, 1.82) is 0 Å². The second kappa shape index (κ2) is 8.36. The Balaban J connectivity index is 1.36. The van der Waals surface area contributed by atoms with Gasteiger partial charge in [-0.1, -0.05) is 11.6 Å². The summed E-state index contributed by atoms with van der Waals surface area (Å²) in [6.45, 7) is 3.57. The van der Waals surface area contributed by atoms with Gasteiger partial charge in [0.15, 0.2) is 0 Å². The molecule has 0 saturated carbocycles. The smallest absolute Gasteiger partial charge is 0.254 e. The first-order valence-electron chi connectivity index (χ1n) is 8.40. The molecule has 2 N–H and O–H groups in total. The molecule has 1 saturated heterocycles. The molecule has 7 heteroatoms. The Morgan fingerprint density at radius 1 is 1.40 bits per heavy atom. The van der Waals surface area contributed by atoms with E-state index in [4.69, 9.17) is 21.1 Å². The van der Waals surface area contributed by atoms with Gasteiger partial charge in [0.05, 0.1) is 30.6 Å². The van der Waals surface area contributed by atoms with Gasteiger partial charge in [0.1, 0.15) is 5.75 Å². The molecule has 1 unspecified atom stereocenters. The van der Waals surface area contributed by atoms with Crippen molar-refractivity contribution < 1.29 is 14.3 Å². The van der Waals surface area contributed by atoms with Crippen molar-refractivity contribution >= 4 is 17.5 Å². The van der Waals surface area contributed by atoms with Crippen LogP contribution in [-0.4, -0.2) is 42.0 Å². The fraction of sp³-hybridized carbons (Fsp3) is 0.444. The molecule has 0 aliphatic carbocycles. The van der Waals surface area contributed by atoms with Crippen LogP contribution in [0.1, 0.15) is 28.9 Å². The lowest BCUT2D eigenvalue weighted by molar-refractivity contribution is -0.0251. The minimum Gasteiger partial charge on any atom is -0.493 e. The number of halogens is 1. The van der Waals surface area contributed by atoms with Crippen LogP contribution >= 0.6 is 11.6 Å². The summed E-state index contributed by atoms with van der Waals surface area (Å²) in [7, 11) is 0. The molecule has 3 rings (SSSR count). The highest BCUT2D eigenvalue weighted by molar-refractivity contribution is 6.30. The molecule has 2 atom stereocenters. The highest BCUT2D eigenvalue weighted by Crippen LogP contribution is 2.21. The molecule has 25 heavy (non-hydrogen) atoms. The molecule has 134 valence electrons. The van der Waals surface area contributed by atoms with Gasteiger partial charge in [0, 0.05) is 23.7 Å². The van der Waals surface area contributed by atoms with Crippen LogP contribution in [0.15, 0.2) is 30.5 Å². The normalized spacial score (nSPS) is 20.2. The van der Waals surface area contributed by atoms with Crippen LogP contribution in [0.3, 0.4) is 0 Å². The first kappa shape index (κ1) is 17.8. The number of hydrogen-bond acceptors (Lipinski definition) is 4. The number of H-pyrrole nitrogens is 1. The van der Waals surface area contributed by atoms with Gasteiger partial charge < -0.3 is 14.8 Å². The van der Waals surface area contributed by atoms with Crippen molar-refractivity contribution in [1.82, 2.24) is 15.5 Å². The summed E-state index contributed by atoms with van der Waals surface area (Å²) in [4.78, 5) is 12.1. The largest absolute Gasteiger partial charge is 0.493 e. The monoisotopic (exact) mass is 363 g/mol. The Labute approximate surface area is 151 Å². The van der Waals surface area contributed by atoms with Gasteiger partial charge in [0.25, 0.3) is 5.91 Å². The summed E-state index contributed by atoms with van der Waals surface area (Å²) in [5.41, 5.74) is 1.27. The minimum absolute atomic E-state index is 0.0444. The van der Waals surface area contributed by atoms with Crippen LogP contribution in [0.5, 0.6) is 5.75 Å². The fourth-order valence-electron chi connectivity index (χ4n) is 2.79. The van der Waals surface area contributed by atoms with Crippen molar-refractivity contribution in [3.8, 4) is 5.75 Å². The third-order valence-electron chi connectivity index (χ3n) is 4.33. The molecule has 0 bridgehead atoms. The Hall–Kier alpha value is -2.05. The lowest BCUT2D eigenvalue weighted by atomic mass is 9.99. The van der Waals surface area contributed by atoms with E-state index in [9.17, 15) is 4.79 Å². The maximum atomic E-state index is 12.1. The van der Waals surface area contributed by atoms with Crippen molar-refractivity contribution in [3.05, 3.63) is 46.7 Å². The number of amides is 1. The van der Waals surface area contributed by atoms with Gasteiger partial charge in [-0.15, -0.1) is 0 Å². The number of aromatic amines is 1. The van der Waals surface area contributed by atoms with Crippen molar-refractivity contribution in [2.75, 3.05) is 19.8 Å².